The van der Waals surface area contributed by atoms with E-state index in [1.807, 2.05) is 37.3 Å². The van der Waals surface area contributed by atoms with E-state index in [1.54, 1.807) is 0 Å². The van der Waals surface area contributed by atoms with Gasteiger partial charge in [-0.1, -0.05) is 30.0 Å². The fourth-order valence-corrected chi connectivity index (χ4v) is 2.16. The summed E-state index contributed by atoms with van der Waals surface area (Å²) >= 11 is 0. The summed E-state index contributed by atoms with van der Waals surface area (Å²) in [7, 11) is 0. The maximum absolute atomic E-state index is 11.7. The first-order valence-electron chi connectivity index (χ1n) is 5.91. The van der Waals surface area contributed by atoms with Crippen LogP contribution in [0.25, 0.3) is 0 Å². The Morgan fingerprint density at radius 3 is 2.65 bits per heavy atom. The summed E-state index contributed by atoms with van der Waals surface area (Å²) in [6, 6.07) is 9.50. The van der Waals surface area contributed by atoms with Crippen LogP contribution < -0.4 is 0 Å². The maximum Gasteiger partial charge on any atom is 0.142 e. The van der Waals surface area contributed by atoms with Crippen LogP contribution in [0.1, 0.15) is 31.7 Å². The van der Waals surface area contributed by atoms with Crippen LogP contribution in [-0.2, 0) is 4.79 Å². The quantitative estimate of drug-likeness (QED) is 0.748. The van der Waals surface area contributed by atoms with Gasteiger partial charge in [0.1, 0.15) is 11.9 Å². The predicted molar refractivity (Wildman–Crippen MR) is 66.3 cm³/mol. The van der Waals surface area contributed by atoms with Gasteiger partial charge in [0.05, 0.1) is 5.41 Å². The number of rotatable bonds is 1. The van der Waals surface area contributed by atoms with E-state index in [1.165, 1.54) is 0 Å². The lowest BCUT2D eigenvalue weighted by molar-refractivity contribution is -0.128. The van der Waals surface area contributed by atoms with Crippen molar-refractivity contribution >= 4 is 5.78 Å². The number of benzene rings is 1. The number of Topliss-reactive ketones (excluding diaryl/α,β-unsaturated/α-hetero) is 1. The van der Waals surface area contributed by atoms with Gasteiger partial charge in [0.15, 0.2) is 0 Å². The van der Waals surface area contributed by atoms with E-state index in [9.17, 15) is 9.90 Å². The molecule has 2 rings (SSSR count). The zero-order valence-corrected chi connectivity index (χ0v) is 9.94. The second-order valence-electron chi connectivity index (χ2n) is 4.73. The van der Waals surface area contributed by atoms with Gasteiger partial charge in [-0.3, -0.25) is 4.79 Å². The van der Waals surface area contributed by atoms with Gasteiger partial charge in [-0.25, -0.2) is 0 Å². The van der Waals surface area contributed by atoms with Gasteiger partial charge in [0.25, 0.3) is 0 Å². The van der Waals surface area contributed by atoms with Crippen LogP contribution in [-0.4, -0.2) is 17.0 Å². The third-order valence-electron chi connectivity index (χ3n) is 3.47. The van der Waals surface area contributed by atoms with Gasteiger partial charge < -0.3 is 5.11 Å². The van der Waals surface area contributed by atoms with Crippen LogP contribution in [0, 0.1) is 17.3 Å². The van der Waals surface area contributed by atoms with Crippen molar-refractivity contribution in [3.8, 4) is 11.8 Å². The fraction of sp³-hybridized carbons (Fsp3) is 0.400. The standard InChI is InChI=1S/C15H16O2/c1-15(11-5-8-13(15)16)14(17)10-9-12-6-3-2-4-7-12/h2-4,6-7,14,17H,5,8,11H2,1H3/t14?,15-/m0/s1. The molecule has 1 unspecified atom stereocenters. The lowest BCUT2D eigenvalue weighted by Gasteiger charge is -2.24. The largest absolute Gasteiger partial charge is 0.379 e. The smallest absolute Gasteiger partial charge is 0.142 e. The molecule has 0 aliphatic heterocycles. The van der Waals surface area contributed by atoms with E-state index in [0.29, 0.717) is 6.42 Å². The minimum atomic E-state index is -0.863. The highest BCUT2D eigenvalue weighted by Gasteiger charge is 2.42. The SMILES string of the molecule is C[C@]1(C(O)C#Cc2ccccc2)CCCC1=O. The summed E-state index contributed by atoms with van der Waals surface area (Å²) in [6.07, 6.45) is 1.30. The molecule has 1 aliphatic rings. The number of aliphatic hydroxyl groups is 1. The number of aliphatic hydroxyl groups excluding tert-OH is 1. The van der Waals surface area contributed by atoms with Crippen molar-refractivity contribution in [3.63, 3.8) is 0 Å². The molecular formula is C15H16O2. The number of ketones is 1. The molecule has 17 heavy (non-hydrogen) atoms. The first-order valence-corrected chi connectivity index (χ1v) is 5.91. The Morgan fingerprint density at radius 1 is 1.35 bits per heavy atom. The van der Waals surface area contributed by atoms with Gasteiger partial charge in [0.2, 0.25) is 0 Å². The molecule has 1 saturated carbocycles. The first kappa shape index (κ1) is 11.9. The Labute approximate surface area is 102 Å². The molecule has 0 saturated heterocycles. The topological polar surface area (TPSA) is 37.3 Å². The highest BCUT2D eigenvalue weighted by atomic mass is 16.3. The summed E-state index contributed by atoms with van der Waals surface area (Å²) in [4.78, 5) is 11.7. The number of hydrogen-bond acceptors (Lipinski definition) is 2. The zero-order valence-electron chi connectivity index (χ0n) is 9.94. The summed E-state index contributed by atoms with van der Waals surface area (Å²) in [6.45, 7) is 1.81. The minimum Gasteiger partial charge on any atom is -0.379 e. The molecule has 1 fully saturated rings. The Hall–Kier alpha value is -1.59. The Kier molecular flexibility index (Phi) is 3.31. The fourth-order valence-electron chi connectivity index (χ4n) is 2.16. The molecule has 0 bridgehead atoms. The molecule has 1 aromatic carbocycles. The average Bonchev–Trinajstić information content (AvgIpc) is 2.69. The van der Waals surface area contributed by atoms with E-state index in [-0.39, 0.29) is 5.78 Å². The normalized spacial score (nSPS) is 25.2. The second-order valence-corrected chi connectivity index (χ2v) is 4.73. The molecule has 88 valence electrons. The van der Waals surface area contributed by atoms with Crippen LogP contribution in [0.15, 0.2) is 30.3 Å². The average molecular weight is 228 g/mol. The summed E-state index contributed by atoms with van der Waals surface area (Å²) in [5.41, 5.74) is 0.197. The van der Waals surface area contributed by atoms with Gasteiger partial charge in [-0.05, 0) is 31.9 Å². The molecular weight excluding hydrogens is 212 g/mol. The molecule has 0 amide bonds. The van der Waals surface area contributed by atoms with Crippen molar-refractivity contribution in [2.75, 3.05) is 0 Å². The summed E-state index contributed by atoms with van der Waals surface area (Å²) in [5, 5.41) is 10.0. The van der Waals surface area contributed by atoms with Gasteiger partial charge in [0, 0.05) is 12.0 Å². The lowest BCUT2D eigenvalue weighted by Crippen LogP contribution is -2.34. The molecule has 1 aromatic rings. The van der Waals surface area contributed by atoms with E-state index in [4.69, 9.17) is 0 Å². The van der Waals surface area contributed by atoms with Crippen LogP contribution in [0.5, 0.6) is 0 Å². The molecule has 1 aliphatic carbocycles. The van der Waals surface area contributed by atoms with Crippen molar-refractivity contribution in [2.24, 2.45) is 5.41 Å². The van der Waals surface area contributed by atoms with E-state index in [0.717, 1.165) is 18.4 Å². The maximum atomic E-state index is 11.7. The van der Waals surface area contributed by atoms with Crippen molar-refractivity contribution in [1.82, 2.24) is 0 Å². The van der Waals surface area contributed by atoms with Crippen molar-refractivity contribution in [2.45, 2.75) is 32.3 Å². The highest BCUT2D eigenvalue weighted by Crippen LogP contribution is 2.37. The molecule has 0 aromatic heterocycles. The van der Waals surface area contributed by atoms with Gasteiger partial charge in [-0.2, -0.15) is 0 Å². The molecule has 0 heterocycles. The molecule has 1 N–H and O–H groups in total. The van der Waals surface area contributed by atoms with Crippen LogP contribution in [0.3, 0.4) is 0 Å². The van der Waals surface area contributed by atoms with Crippen LogP contribution in [0.4, 0.5) is 0 Å². The molecule has 2 nitrogen and oxygen atoms in total. The molecule has 0 radical (unpaired) electrons. The second kappa shape index (κ2) is 4.73. The zero-order chi connectivity index (χ0) is 12.3. The monoisotopic (exact) mass is 228 g/mol. The Balaban J connectivity index is 2.15. The van der Waals surface area contributed by atoms with E-state index < -0.39 is 11.5 Å². The van der Waals surface area contributed by atoms with Crippen LogP contribution >= 0.6 is 0 Å². The minimum absolute atomic E-state index is 0.132. The lowest BCUT2D eigenvalue weighted by atomic mass is 9.82. The van der Waals surface area contributed by atoms with E-state index >= 15 is 0 Å². The first-order chi connectivity index (χ1) is 8.13. The van der Waals surface area contributed by atoms with E-state index in [2.05, 4.69) is 11.8 Å². The van der Waals surface area contributed by atoms with Gasteiger partial charge in [-0.15, -0.1) is 0 Å². The van der Waals surface area contributed by atoms with Crippen molar-refractivity contribution in [3.05, 3.63) is 35.9 Å². The number of hydrogen-bond donors (Lipinski definition) is 1. The number of carbonyl (C=O) groups excluding carboxylic acids is 1. The Bertz CT molecular complexity index is 467. The molecule has 2 heteroatoms. The third-order valence-corrected chi connectivity index (χ3v) is 3.47. The Morgan fingerprint density at radius 2 is 2.06 bits per heavy atom. The molecule has 2 atom stereocenters. The molecule has 0 spiro atoms. The van der Waals surface area contributed by atoms with Crippen molar-refractivity contribution in [1.29, 1.82) is 0 Å². The van der Waals surface area contributed by atoms with Gasteiger partial charge >= 0.3 is 0 Å². The van der Waals surface area contributed by atoms with Crippen molar-refractivity contribution < 1.29 is 9.90 Å². The predicted octanol–water partition coefficient (Wildman–Crippen LogP) is 2.16. The summed E-state index contributed by atoms with van der Waals surface area (Å²) in [5.74, 6) is 5.84. The summed E-state index contributed by atoms with van der Waals surface area (Å²) < 4.78 is 0. The third kappa shape index (κ3) is 2.40. The number of carbonyl (C=O) groups is 1. The van der Waals surface area contributed by atoms with Crippen LogP contribution in [0.2, 0.25) is 0 Å². The highest BCUT2D eigenvalue weighted by molar-refractivity contribution is 5.87.